The van der Waals surface area contributed by atoms with Crippen molar-refractivity contribution in [3.63, 3.8) is 0 Å². The molecule has 3 heterocycles. The standard InChI is InChI=1S/C27H26N4O4/c32-26(33)24(30-16-14-29(15-17-30)22-12-6-7-13-28-22)23-20-10-4-5-11-21(20)31(25(23)27(34)35)18-19-8-2-1-3-9-19/h1-13,24H,14-18H2,(H,32,33)(H,34,35)/t24-/m0/s1. The normalized spacial score (nSPS) is 15.3. The Kier molecular flexibility index (Phi) is 6.20. The third kappa shape index (κ3) is 4.36. The van der Waals surface area contributed by atoms with Crippen molar-refractivity contribution in [2.45, 2.75) is 12.6 Å². The molecule has 8 nitrogen and oxygen atoms in total. The number of aliphatic carboxylic acids is 1. The number of nitrogens with one attached hydrogen (secondary N) is 2. The number of quaternary nitrogens is 1. The molecular formula is C27H26N4O4. The Labute approximate surface area is 202 Å². The number of carboxylic acid groups (broad SMARTS) is 2. The molecular weight excluding hydrogens is 444 g/mol. The molecule has 0 radical (unpaired) electrons. The number of piperazine rings is 1. The number of carbonyl (C=O) groups is 2. The monoisotopic (exact) mass is 470 g/mol. The number of pyridine rings is 1. The molecule has 0 bridgehead atoms. The number of aromatic amines is 1. The molecule has 2 aromatic carbocycles. The number of carbonyl (C=O) groups excluding carboxylic acids is 2. The van der Waals surface area contributed by atoms with Crippen LogP contribution in [0.4, 0.5) is 5.82 Å². The second-order valence-electron chi connectivity index (χ2n) is 8.78. The largest absolute Gasteiger partial charge is 0.544 e. The zero-order valence-corrected chi connectivity index (χ0v) is 19.1. The van der Waals surface area contributed by atoms with Gasteiger partial charge in [-0.2, -0.15) is 0 Å². The first-order valence-electron chi connectivity index (χ1n) is 11.7. The first-order valence-corrected chi connectivity index (χ1v) is 11.7. The summed E-state index contributed by atoms with van der Waals surface area (Å²) >= 11 is 0. The van der Waals surface area contributed by atoms with E-state index in [2.05, 4.69) is 9.88 Å². The molecule has 2 N–H and O–H groups in total. The number of H-pyrrole nitrogens is 1. The van der Waals surface area contributed by atoms with Gasteiger partial charge in [0.2, 0.25) is 0 Å². The minimum absolute atomic E-state index is 0.101. The van der Waals surface area contributed by atoms with E-state index < -0.39 is 18.0 Å². The van der Waals surface area contributed by atoms with E-state index in [1.54, 1.807) is 16.7 Å². The van der Waals surface area contributed by atoms with Gasteiger partial charge in [0, 0.05) is 23.5 Å². The molecule has 1 aliphatic rings. The number of hydrogen-bond acceptors (Lipinski definition) is 5. The highest BCUT2D eigenvalue weighted by Gasteiger charge is 2.37. The zero-order chi connectivity index (χ0) is 24.4. The fourth-order valence-electron chi connectivity index (χ4n) is 5.17. The number of aromatic carboxylic acids is 1. The second kappa shape index (κ2) is 9.60. The molecule has 0 unspecified atom stereocenters. The number of nitrogens with zero attached hydrogens (tertiary/aromatic N) is 2. The Hall–Kier alpha value is -4.17. The van der Waals surface area contributed by atoms with Crippen molar-refractivity contribution in [2.75, 3.05) is 31.1 Å². The van der Waals surface area contributed by atoms with Gasteiger partial charge in [-0.25, -0.2) is 4.98 Å². The lowest BCUT2D eigenvalue weighted by atomic mass is 10.00. The van der Waals surface area contributed by atoms with Crippen molar-refractivity contribution >= 4 is 28.7 Å². The number of anilines is 1. The van der Waals surface area contributed by atoms with Crippen LogP contribution in [0.1, 0.15) is 27.7 Å². The molecule has 4 aromatic rings. The van der Waals surface area contributed by atoms with E-state index in [0.29, 0.717) is 37.1 Å². The minimum Gasteiger partial charge on any atom is -0.544 e. The van der Waals surface area contributed by atoms with E-state index in [9.17, 15) is 19.8 Å². The number of rotatable bonds is 7. The summed E-state index contributed by atoms with van der Waals surface area (Å²) in [5.74, 6) is -1.72. The summed E-state index contributed by atoms with van der Waals surface area (Å²) in [6, 6.07) is 21.4. The van der Waals surface area contributed by atoms with E-state index in [-0.39, 0.29) is 17.8 Å². The van der Waals surface area contributed by atoms with Crippen LogP contribution < -0.4 is 25.0 Å². The quantitative estimate of drug-likeness (QED) is 0.375. The highest BCUT2D eigenvalue weighted by molar-refractivity contribution is 6.00. The molecule has 1 atom stereocenters. The number of para-hydroxylation sites is 1. The van der Waals surface area contributed by atoms with E-state index in [0.717, 1.165) is 16.3 Å². The number of benzene rings is 2. The van der Waals surface area contributed by atoms with Crippen LogP contribution in [0, 0.1) is 0 Å². The Morgan fingerprint density at radius 1 is 0.914 bits per heavy atom. The summed E-state index contributed by atoms with van der Waals surface area (Å²) in [6.45, 7) is 2.58. The molecule has 35 heavy (non-hydrogen) atoms. The Balaban J connectivity index is 1.56. The third-order valence-corrected chi connectivity index (χ3v) is 6.76. The van der Waals surface area contributed by atoms with Gasteiger partial charge in [-0.05, 0) is 17.7 Å². The van der Waals surface area contributed by atoms with E-state index in [4.69, 9.17) is 0 Å². The van der Waals surface area contributed by atoms with Gasteiger partial charge in [0.1, 0.15) is 32.1 Å². The van der Waals surface area contributed by atoms with Gasteiger partial charge < -0.3 is 29.3 Å². The summed E-state index contributed by atoms with van der Waals surface area (Å²) in [4.78, 5) is 31.2. The second-order valence-corrected chi connectivity index (χ2v) is 8.78. The van der Waals surface area contributed by atoms with Gasteiger partial charge in [-0.3, -0.25) is 4.90 Å². The van der Waals surface area contributed by atoms with Gasteiger partial charge in [-0.15, -0.1) is 0 Å². The highest BCUT2D eigenvalue weighted by atomic mass is 16.4. The molecule has 1 saturated heterocycles. The maximum atomic E-state index is 12.6. The number of aromatic nitrogens is 2. The van der Waals surface area contributed by atoms with Crippen molar-refractivity contribution in [3.05, 3.63) is 95.8 Å². The summed E-state index contributed by atoms with van der Waals surface area (Å²) in [6.07, 6.45) is 1.85. The first kappa shape index (κ1) is 22.6. The number of hydrogen-bond donors (Lipinski definition) is 1. The van der Waals surface area contributed by atoms with Crippen molar-refractivity contribution in [3.8, 4) is 0 Å². The molecule has 0 saturated carbocycles. The van der Waals surface area contributed by atoms with Crippen LogP contribution >= 0.6 is 0 Å². The fourth-order valence-corrected chi connectivity index (χ4v) is 5.17. The Morgan fingerprint density at radius 3 is 2.26 bits per heavy atom. The van der Waals surface area contributed by atoms with E-state index in [1.807, 2.05) is 66.9 Å². The van der Waals surface area contributed by atoms with Gasteiger partial charge in [0.05, 0.1) is 23.4 Å². The average Bonchev–Trinajstić information content (AvgIpc) is 3.19. The van der Waals surface area contributed by atoms with Crippen LogP contribution in [-0.2, 0) is 11.3 Å². The summed E-state index contributed by atoms with van der Waals surface area (Å²) < 4.78 is 1.65. The molecule has 5 rings (SSSR count). The van der Waals surface area contributed by atoms with Gasteiger partial charge >= 0.3 is 0 Å². The lowest BCUT2D eigenvalue weighted by Crippen LogP contribution is -3.16. The van der Waals surface area contributed by atoms with Gasteiger partial charge in [-0.1, -0.05) is 54.6 Å². The predicted octanol–water partition coefficient (Wildman–Crippen LogP) is -0.937. The summed E-state index contributed by atoms with van der Waals surface area (Å²) in [5, 5.41) is 25.6. The lowest BCUT2D eigenvalue weighted by molar-refractivity contribution is -0.925. The van der Waals surface area contributed by atoms with Crippen LogP contribution in [0.2, 0.25) is 0 Å². The minimum atomic E-state index is -1.39. The molecule has 0 amide bonds. The maximum Gasteiger partial charge on any atom is 0.274 e. The van der Waals surface area contributed by atoms with Gasteiger partial charge in [0.25, 0.3) is 5.82 Å². The van der Waals surface area contributed by atoms with Crippen molar-refractivity contribution in [1.82, 2.24) is 4.57 Å². The van der Waals surface area contributed by atoms with Crippen LogP contribution in [0.25, 0.3) is 10.9 Å². The molecule has 8 heteroatoms. The zero-order valence-electron chi connectivity index (χ0n) is 19.1. The van der Waals surface area contributed by atoms with Crippen molar-refractivity contribution in [2.24, 2.45) is 0 Å². The SMILES string of the molecule is O=C([O-])c1c([C@@H](C(=O)[O-])[NH+]2CCN(c3cccc[nH+]3)CC2)c2ccccc2n1Cc1ccccc1. The smallest absolute Gasteiger partial charge is 0.274 e. The van der Waals surface area contributed by atoms with E-state index >= 15 is 0 Å². The topological polar surface area (TPSA) is 107 Å². The number of carboxylic acids is 2. The Morgan fingerprint density at radius 2 is 1.60 bits per heavy atom. The molecule has 178 valence electrons. The molecule has 0 spiro atoms. The average molecular weight is 471 g/mol. The summed E-state index contributed by atoms with van der Waals surface area (Å²) in [7, 11) is 0. The highest BCUT2D eigenvalue weighted by Crippen LogP contribution is 2.31. The number of fused-ring (bicyclic) bond motifs is 1. The van der Waals surface area contributed by atoms with Crippen molar-refractivity contribution in [1.29, 1.82) is 0 Å². The fraction of sp³-hybridized carbons (Fsp3) is 0.222. The van der Waals surface area contributed by atoms with Crippen LogP contribution in [0.15, 0.2) is 79.0 Å². The van der Waals surface area contributed by atoms with Gasteiger partial charge in [0.15, 0.2) is 6.04 Å². The lowest BCUT2D eigenvalue weighted by Gasteiger charge is -2.34. The first-order chi connectivity index (χ1) is 17.0. The Bertz CT molecular complexity index is 1350. The van der Waals surface area contributed by atoms with Crippen LogP contribution in [0.3, 0.4) is 0 Å². The molecule has 1 aliphatic heterocycles. The maximum absolute atomic E-state index is 12.6. The molecule has 2 aromatic heterocycles. The van der Waals surface area contributed by atoms with Crippen LogP contribution in [0.5, 0.6) is 0 Å². The molecule has 1 fully saturated rings. The summed E-state index contributed by atoms with van der Waals surface area (Å²) in [5.41, 5.74) is 1.72. The van der Waals surface area contributed by atoms with E-state index in [1.165, 1.54) is 0 Å². The van der Waals surface area contributed by atoms with Crippen LogP contribution in [-0.4, -0.2) is 42.7 Å². The van der Waals surface area contributed by atoms with Crippen molar-refractivity contribution < 1.29 is 29.7 Å². The molecule has 0 aliphatic carbocycles. The predicted molar refractivity (Wildman–Crippen MR) is 125 cm³/mol. The third-order valence-electron chi connectivity index (χ3n) is 6.76.